The highest BCUT2D eigenvalue weighted by molar-refractivity contribution is 7.98. The number of para-hydroxylation sites is 1. The molecule has 0 aromatic heterocycles. The summed E-state index contributed by atoms with van der Waals surface area (Å²) in [7, 11) is 0. The molecule has 3 heteroatoms. The summed E-state index contributed by atoms with van der Waals surface area (Å²) in [6.45, 7) is 2.13. The number of benzene rings is 1. The number of hydrogen-bond donors (Lipinski definition) is 2. The van der Waals surface area contributed by atoms with Gasteiger partial charge < -0.3 is 5.43 Å². The molecule has 0 atom stereocenters. The normalized spacial score (nSPS) is 9.92. The lowest BCUT2D eigenvalue weighted by Crippen LogP contribution is -2.10. The van der Waals surface area contributed by atoms with Crippen LogP contribution in [0.4, 0.5) is 5.69 Å². The zero-order valence-electron chi connectivity index (χ0n) is 7.42. The van der Waals surface area contributed by atoms with Crippen molar-refractivity contribution >= 4 is 17.4 Å². The Morgan fingerprint density at radius 1 is 1.50 bits per heavy atom. The fourth-order valence-electron chi connectivity index (χ4n) is 1.21. The second-order valence-corrected chi connectivity index (χ2v) is 3.34. The third-order valence-corrected chi connectivity index (χ3v) is 2.64. The van der Waals surface area contributed by atoms with Crippen LogP contribution in [0, 0.1) is 0 Å². The second-order valence-electron chi connectivity index (χ2n) is 2.49. The van der Waals surface area contributed by atoms with E-state index in [-0.39, 0.29) is 0 Å². The van der Waals surface area contributed by atoms with Crippen molar-refractivity contribution in [3.63, 3.8) is 0 Å². The summed E-state index contributed by atoms with van der Waals surface area (Å²) in [5.74, 6) is 5.44. The van der Waals surface area contributed by atoms with Gasteiger partial charge in [0.05, 0.1) is 5.69 Å². The van der Waals surface area contributed by atoms with Gasteiger partial charge in [0.2, 0.25) is 0 Å². The van der Waals surface area contributed by atoms with Crippen LogP contribution in [0.5, 0.6) is 0 Å². The minimum Gasteiger partial charge on any atom is -0.323 e. The average Bonchev–Trinajstić information content (AvgIpc) is 2.16. The van der Waals surface area contributed by atoms with E-state index < -0.39 is 0 Å². The third-order valence-electron chi connectivity index (χ3n) is 1.86. The summed E-state index contributed by atoms with van der Waals surface area (Å²) in [6, 6.07) is 6.22. The van der Waals surface area contributed by atoms with Gasteiger partial charge in [-0.3, -0.25) is 5.84 Å². The van der Waals surface area contributed by atoms with E-state index in [0.717, 1.165) is 12.1 Å². The molecule has 0 amide bonds. The molecule has 12 heavy (non-hydrogen) atoms. The van der Waals surface area contributed by atoms with Gasteiger partial charge in [0, 0.05) is 4.90 Å². The van der Waals surface area contributed by atoms with E-state index in [1.165, 1.54) is 10.5 Å². The predicted molar refractivity (Wildman–Crippen MR) is 55.4 cm³/mol. The molecular formula is C9H14N2S. The molecule has 2 nitrogen and oxygen atoms in total. The van der Waals surface area contributed by atoms with Gasteiger partial charge in [0.15, 0.2) is 0 Å². The number of aryl methyl sites for hydroxylation is 1. The number of thioether (sulfide) groups is 1. The highest BCUT2D eigenvalue weighted by atomic mass is 32.2. The smallest absolute Gasteiger partial charge is 0.0653 e. The molecule has 0 spiro atoms. The van der Waals surface area contributed by atoms with Gasteiger partial charge in [-0.25, -0.2) is 0 Å². The van der Waals surface area contributed by atoms with E-state index >= 15 is 0 Å². The standard InChI is InChI=1S/C9H14N2S/c1-3-7-5-4-6-8(12-2)9(7)11-10/h4-6,11H,3,10H2,1-2H3. The molecule has 0 unspecified atom stereocenters. The molecule has 66 valence electrons. The molecule has 0 bridgehead atoms. The van der Waals surface area contributed by atoms with Crippen LogP contribution in [-0.4, -0.2) is 6.26 Å². The Hall–Kier alpha value is -0.670. The number of hydrazine groups is 1. The molecule has 0 saturated heterocycles. The molecule has 0 aliphatic carbocycles. The first-order valence-corrected chi connectivity index (χ1v) is 5.18. The summed E-state index contributed by atoms with van der Waals surface area (Å²) in [4.78, 5) is 1.21. The Bertz CT molecular complexity index is 238. The van der Waals surface area contributed by atoms with Gasteiger partial charge in [-0.2, -0.15) is 0 Å². The largest absolute Gasteiger partial charge is 0.323 e. The molecule has 0 fully saturated rings. The maximum Gasteiger partial charge on any atom is 0.0653 e. The zero-order chi connectivity index (χ0) is 8.97. The van der Waals surface area contributed by atoms with Gasteiger partial charge in [0.1, 0.15) is 0 Å². The Balaban J connectivity index is 3.13. The lowest BCUT2D eigenvalue weighted by molar-refractivity contribution is 1.11. The quantitative estimate of drug-likeness (QED) is 0.428. The van der Waals surface area contributed by atoms with E-state index in [4.69, 9.17) is 5.84 Å². The molecule has 1 aromatic carbocycles. The van der Waals surface area contributed by atoms with Crippen LogP contribution in [0.1, 0.15) is 12.5 Å². The maximum atomic E-state index is 5.44. The number of nitrogen functional groups attached to an aromatic ring is 1. The lowest BCUT2D eigenvalue weighted by atomic mass is 10.1. The minimum absolute atomic E-state index is 1.01. The van der Waals surface area contributed by atoms with E-state index in [0.29, 0.717) is 0 Å². The number of rotatable bonds is 3. The summed E-state index contributed by atoms with van der Waals surface area (Å²) in [5.41, 5.74) is 5.08. The molecular weight excluding hydrogens is 168 g/mol. The van der Waals surface area contributed by atoms with Crippen LogP contribution in [0.15, 0.2) is 23.1 Å². The third kappa shape index (κ3) is 1.73. The highest BCUT2D eigenvalue weighted by Crippen LogP contribution is 2.28. The fraction of sp³-hybridized carbons (Fsp3) is 0.333. The highest BCUT2D eigenvalue weighted by Gasteiger charge is 2.03. The second kappa shape index (κ2) is 4.38. The Morgan fingerprint density at radius 2 is 2.25 bits per heavy atom. The van der Waals surface area contributed by atoms with Crippen molar-refractivity contribution in [2.24, 2.45) is 5.84 Å². The number of nitrogens with one attached hydrogen (secondary N) is 1. The zero-order valence-corrected chi connectivity index (χ0v) is 8.24. The Morgan fingerprint density at radius 3 is 2.75 bits per heavy atom. The van der Waals surface area contributed by atoms with Crippen molar-refractivity contribution in [1.82, 2.24) is 0 Å². The number of hydrogen-bond acceptors (Lipinski definition) is 3. The van der Waals surface area contributed by atoms with E-state index in [1.807, 2.05) is 0 Å². The number of nitrogens with two attached hydrogens (primary N) is 1. The van der Waals surface area contributed by atoms with Crippen molar-refractivity contribution in [3.05, 3.63) is 23.8 Å². The van der Waals surface area contributed by atoms with Crippen molar-refractivity contribution in [1.29, 1.82) is 0 Å². The lowest BCUT2D eigenvalue weighted by Gasteiger charge is -2.10. The van der Waals surface area contributed by atoms with Gasteiger partial charge in [-0.1, -0.05) is 19.1 Å². The molecule has 3 N–H and O–H groups in total. The Kier molecular flexibility index (Phi) is 3.44. The first-order chi connectivity index (χ1) is 5.83. The van der Waals surface area contributed by atoms with Crippen LogP contribution in [0.25, 0.3) is 0 Å². The molecule has 0 saturated carbocycles. The van der Waals surface area contributed by atoms with Gasteiger partial charge in [0.25, 0.3) is 0 Å². The first-order valence-electron chi connectivity index (χ1n) is 3.96. The summed E-state index contributed by atoms with van der Waals surface area (Å²) in [5, 5.41) is 0. The SMILES string of the molecule is CCc1cccc(SC)c1NN. The van der Waals surface area contributed by atoms with E-state index in [1.54, 1.807) is 11.8 Å². The van der Waals surface area contributed by atoms with Crippen LogP contribution in [-0.2, 0) is 6.42 Å². The van der Waals surface area contributed by atoms with Crippen LogP contribution < -0.4 is 11.3 Å². The maximum absolute atomic E-state index is 5.44. The van der Waals surface area contributed by atoms with Gasteiger partial charge in [-0.15, -0.1) is 11.8 Å². The first kappa shape index (κ1) is 9.42. The molecule has 1 aromatic rings. The van der Waals surface area contributed by atoms with Crippen molar-refractivity contribution in [2.45, 2.75) is 18.2 Å². The topological polar surface area (TPSA) is 38.0 Å². The van der Waals surface area contributed by atoms with Crippen molar-refractivity contribution < 1.29 is 0 Å². The van der Waals surface area contributed by atoms with E-state index in [2.05, 4.69) is 36.8 Å². The summed E-state index contributed by atoms with van der Waals surface area (Å²) in [6.07, 6.45) is 3.06. The minimum atomic E-state index is 1.01. The number of anilines is 1. The monoisotopic (exact) mass is 182 g/mol. The fourth-order valence-corrected chi connectivity index (χ4v) is 1.81. The predicted octanol–water partition coefficient (Wildman–Crippen LogP) is 2.26. The van der Waals surface area contributed by atoms with Gasteiger partial charge >= 0.3 is 0 Å². The van der Waals surface area contributed by atoms with Crippen LogP contribution in [0.3, 0.4) is 0 Å². The van der Waals surface area contributed by atoms with E-state index in [9.17, 15) is 0 Å². The van der Waals surface area contributed by atoms with Crippen molar-refractivity contribution in [2.75, 3.05) is 11.7 Å². The average molecular weight is 182 g/mol. The summed E-state index contributed by atoms with van der Waals surface area (Å²) >= 11 is 1.71. The molecule has 0 radical (unpaired) electrons. The van der Waals surface area contributed by atoms with Gasteiger partial charge in [-0.05, 0) is 24.3 Å². The van der Waals surface area contributed by atoms with Crippen LogP contribution in [0.2, 0.25) is 0 Å². The molecule has 1 rings (SSSR count). The van der Waals surface area contributed by atoms with Crippen LogP contribution >= 0.6 is 11.8 Å². The van der Waals surface area contributed by atoms with Crippen molar-refractivity contribution in [3.8, 4) is 0 Å². The molecule has 0 aliphatic heterocycles. The molecule has 0 heterocycles. The Labute approximate surface area is 77.5 Å². The summed E-state index contributed by atoms with van der Waals surface area (Å²) < 4.78 is 0. The molecule has 0 aliphatic rings.